The Balaban J connectivity index is 1.65. The van der Waals surface area contributed by atoms with Crippen molar-refractivity contribution in [2.24, 2.45) is 5.10 Å². The number of hydrogen-bond acceptors (Lipinski definition) is 6. The summed E-state index contributed by atoms with van der Waals surface area (Å²) in [6.45, 7) is 0. The molecule has 3 rings (SSSR count). The molecule has 0 heterocycles. The zero-order valence-electron chi connectivity index (χ0n) is 18.3. The van der Waals surface area contributed by atoms with E-state index in [2.05, 4.69) is 21.2 Å². The van der Waals surface area contributed by atoms with E-state index in [9.17, 15) is 14.4 Å². The van der Waals surface area contributed by atoms with Crippen LogP contribution in [-0.4, -0.2) is 38.2 Å². The molecule has 0 aliphatic rings. The normalized spacial score (nSPS) is 10.4. The smallest absolute Gasteiger partial charge is 0.329 e. The van der Waals surface area contributed by atoms with Crippen molar-refractivity contribution in [3.63, 3.8) is 0 Å². The van der Waals surface area contributed by atoms with E-state index < -0.39 is 17.7 Å². The van der Waals surface area contributed by atoms with Crippen molar-refractivity contribution in [3.8, 4) is 11.5 Å². The molecule has 9 nitrogen and oxygen atoms in total. The summed E-state index contributed by atoms with van der Waals surface area (Å²) in [5, 5.41) is 9.46. The van der Waals surface area contributed by atoms with Gasteiger partial charge in [0, 0.05) is 16.3 Å². The SMILES string of the molecule is COc1ccc(OC)c(/C=N/NC(=O)C(=O)Nc2ccccc2C(=O)Nc2ccc(Cl)cc2)c1. The number of benzene rings is 3. The third-order valence-electron chi connectivity index (χ3n) is 4.53. The van der Waals surface area contributed by atoms with Crippen molar-refractivity contribution in [2.45, 2.75) is 0 Å². The second-order valence-electron chi connectivity index (χ2n) is 6.77. The lowest BCUT2D eigenvalue weighted by Gasteiger charge is -2.11. The molecule has 10 heteroatoms. The van der Waals surface area contributed by atoms with Crippen molar-refractivity contribution in [2.75, 3.05) is 24.9 Å². The molecular formula is C24H21ClN4O5. The van der Waals surface area contributed by atoms with Gasteiger partial charge in [-0.3, -0.25) is 14.4 Å². The van der Waals surface area contributed by atoms with Crippen molar-refractivity contribution >= 4 is 46.9 Å². The molecule has 0 saturated carbocycles. The zero-order valence-corrected chi connectivity index (χ0v) is 19.1. The largest absolute Gasteiger partial charge is 0.497 e. The van der Waals surface area contributed by atoms with Crippen LogP contribution in [0.1, 0.15) is 15.9 Å². The molecule has 0 aliphatic heterocycles. The Morgan fingerprint density at radius 3 is 2.32 bits per heavy atom. The molecule has 34 heavy (non-hydrogen) atoms. The molecule has 0 spiro atoms. The van der Waals surface area contributed by atoms with Gasteiger partial charge in [0.25, 0.3) is 5.91 Å². The van der Waals surface area contributed by atoms with Crippen molar-refractivity contribution in [1.82, 2.24) is 5.43 Å². The van der Waals surface area contributed by atoms with Crippen LogP contribution in [0.4, 0.5) is 11.4 Å². The summed E-state index contributed by atoms with van der Waals surface area (Å²) in [5.74, 6) is -1.42. The molecule has 0 unspecified atom stereocenters. The maximum atomic E-state index is 12.7. The first kappa shape index (κ1) is 24.3. The molecular weight excluding hydrogens is 460 g/mol. The quantitative estimate of drug-likeness (QED) is 0.271. The molecule has 0 saturated heterocycles. The number of methoxy groups -OCH3 is 2. The Hall–Kier alpha value is -4.37. The van der Waals surface area contributed by atoms with Gasteiger partial charge in [0.1, 0.15) is 11.5 Å². The van der Waals surface area contributed by atoms with Gasteiger partial charge in [-0.1, -0.05) is 23.7 Å². The number of rotatable bonds is 7. The highest BCUT2D eigenvalue weighted by atomic mass is 35.5. The minimum atomic E-state index is -1.02. The molecule has 3 aromatic carbocycles. The Kier molecular flexibility index (Phi) is 8.20. The monoisotopic (exact) mass is 480 g/mol. The number of hydrazone groups is 1. The molecule has 3 N–H and O–H groups in total. The number of ether oxygens (including phenoxy) is 2. The Labute approximate surface area is 200 Å². The third kappa shape index (κ3) is 6.33. The van der Waals surface area contributed by atoms with Gasteiger partial charge in [0.05, 0.1) is 31.7 Å². The molecule has 0 aromatic heterocycles. The topological polar surface area (TPSA) is 118 Å². The highest BCUT2D eigenvalue weighted by Crippen LogP contribution is 2.22. The van der Waals surface area contributed by atoms with Gasteiger partial charge in [-0.15, -0.1) is 0 Å². The maximum absolute atomic E-state index is 12.7. The van der Waals surface area contributed by atoms with Gasteiger partial charge in [0.2, 0.25) is 0 Å². The fourth-order valence-corrected chi connectivity index (χ4v) is 2.98. The lowest BCUT2D eigenvalue weighted by atomic mass is 10.1. The van der Waals surface area contributed by atoms with Crippen LogP contribution in [0, 0.1) is 0 Å². The van der Waals surface area contributed by atoms with Crippen LogP contribution in [-0.2, 0) is 9.59 Å². The van der Waals surface area contributed by atoms with E-state index in [0.29, 0.717) is 27.8 Å². The summed E-state index contributed by atoms with van der Waals surface area (Å²) in [7, 11) is 3.01. The van der Waals surface area contributed by atoms with Crippen LogP contribution < -0.4 is 25.5 Å². The predicted octanol–water partition coefficient (Wildman–Crippen LogP) is 3.70. The van der Waals surface area contributed by atoms with E-state index in [0.717, 1.165) is 0 Å². The maximum Gasteiger partial charge on any atom is 0.329 e. The number of hydrogen-bond donors (Lipinski definition) is 3. The highest BCUT2D eigenvalue weighted by molar-refractivity contribution is 6.40. The van der Waals surface area contributed by atoms with E-state index in [4.69, 9.17) is 21.1 Å². The predicted molar refractivity (Wildman–Crippen MR) is 130 cm³/mol. The van der Waals surface area contributed by atoms with E-state index in [1.165, 1.54) is 32.6 Å². The number of anilines is 2. The molecule has 0 aliphatic carbocycles. The zero-order chi connectivity index (χ0) is 24.5. The lowest BCUT2D eigenvalue weighted by molar-refractivity contribution is -0.136. The number of nitrogens with one attached hydrogen (secondary N) is 3. The Bertz CT molecular complexity index is 1230. The average molecular weight is 481 g/mol. The second-order valence-corrected chi connectivity index (χ2v) is 7.20. The van der Waals surface area contributed by atoms with Gasteiger partial charge in [0.15, 0.2) is 0 Å². The van der Waals surface area contributed by atoms with E-state index in [1.807, 2.05) is 0 Å². The van der Waals surface area contributed by atoms with E-state index in [-0.39, 0.29) is 11.3 Å². The van der Waals surface area contributed by atoms with E-state index in [1.54, 1.807) is 54.6 Å². The first-order chi connectivity index (χ1) is 16.4. The van der Waals surface area contributed by atoms with Crippen LogP contribution in [0.15, 0.2) is 71.8 Å². The molecule has 0 fully saturated rings. The van der Waals surface area contributed by atoms with Gasteiger partial charge < -0.3 is 20.1 Å². The molecule has 0 bridgehead atoms. The summed E-state index contributed by atoms with van der Waals surface area (Å²) in [4.78, 5) is 37.2. The summed E-state index contributed by atoms with van der Waals surface area (Å²) < 4.78 is 10.4. The number of halogens is 1. The Morgan fingerprint density at radius 1 is 0.882 bits per heavy atom. The molecule has 0 radical (unpaired) electrons. The van der Waals surface area contributed by atoms with Crippen LogP contribution in [0.3, 0.4) is 0 Å². The van der Waals surface area contributed by atoms with Crippen molar-refractivity contribution in [1.29, 1.82) is 0 Å². The number of amides is 3. The average Bonchev–Trinajstić information content (AvgIpc) is 2.85. The summed E-state index contributed by atoms with van der Waals surface area (Å²) >= 11 is 5.86. The van der Waals surface area contributed by atoms with Gasteiger partial charge >= 0.3 is 11.8 Å². The third-order valence-corrected chi connectivity index (χ3v) is 4.79. The lowest BCUT2D eigenvalue weighted by Crippen LogP contribution is -2.33. The van der Waals surface area contributed by atoms with Crippen molar-refractivity contribution < 1.29 is 23.9 Å². The van der Waals surface area contributed by atoms with Crippen LogP contribution in [0.5, 0.6) is 11.5 Å². The molecule has 3 amide bonds. The molecule has 174 valence electrons. The number of para-hydroxylation sites is 1. The molecule has 0 atom stereocenters. The summed E-state index contributed by atoms with van der Waals surface area (Å²) in [6.07, 6.45) is 1.32. The van der Waals surface area contributed by atoms with Crippen LogP contribution in [0.25, 0.3) is 0 Å². The minimum Gasteiger partial charge on any atom is -0.497 e. The second kappa shape index (κ2) is 11.5. The van der Waals surface area contributed by atoms with E-state index >= 15 is 0 Å². The number of carbonyl (C=O) groups excluding carboxylic acids is 3. The van der Waals surface area contributed by atoms with Crippen LogP contribution in [0.2, 0.25) is 5.02 Å². The van der Waals surface area contributed by atoms with Gasteiger partial charge in [-0.05, 0) is 54.6 Å². The fraction of sp³-hybridized carbons (Fsp3) is 0.0833. The van der Waals surface area contributed by atoms with Crippen LogP contribution >= 0.6 is 11.6 Å². The summed E-state index contributed by atoms with van der Waals surface area (Å²) in [6, 6.07) is 17.9. The number of nitrogens with zero attached hydrogens (tertiary/aromatic N) is 1. The Morgan fingerprint density at radius 2 is 1.62 bits per heavy atom. The highest BCUT2D eigenvalue weighted by Gasteiger charge is 2.18. The fourth-order valence-electron chi connectivity index (χ4n) is 2.85. The minimum absolute atomic E-state index is 0.160. The summed E-state index contributed by atoms with van der Waals surface area (Å²) in [5.41, 5.74) is 3.53. The molecule has 3 aromatic rings. The van der Waals surface area contributed by atoms with Gasteiger partial charge in [-0.25, -0.2) is 5.43 Å². The van der Waals surface area contributed by atoms with Gasteiger partial charge in [-0.2, -0.15) is 5.10 Å². The number of carbonyl (C=O) groups is 3. The standard InChI is InChI=1S/C24H21ClN4O5/c1-33-18-11-12-21(34-2)15(13-18)14-26-29-24(32)23(31)28-20-6-4-3-5-19(20)22(30)27-17-9-7-16(25)8-10-17/h3-14H,1-2H3,(H,27,30)(H,28,31)(H,29,32)/b26-14+. The first-order valence-electron chi connectivity index (χ1n) is 9.93. The van der Waals surface area contributed by atoms with Crippen molar-refractivity contribution in [3.05, 3.63) is 82.9 Å². The first-order valence-corrected chi connectivity index (χ1v) is 10.3.